The SMILES string of the molecule is C=Cc1ccccc1CCCCCc1ccccc1C=C. The van der Waals surface area contributed by atoms with Gasteiger partial charge >= 0.3 is 0 Å². The summed E-state index contributed by atoms with van der Waals surface area (Å²) in [6.07, 6.45) is 9.93. The van der Waals surface area contributed by atoms with Crippen LogP contribution < -0.4 is 0 Å². The molecule has 0 heterocycles. The molecule has 0 amide bonds. The molecule has 0 unspecified atom stereocenters. The van der Waals surface area contributed by atoms with E-state index in [1.807, 2.05) is 12.2 Å². The number of rotatable bonds is 8. The molecule has 0 saturated heterocycles. The first-order valence-corrected chi connectivity index (χ1v) is 7.76. The van der Waals surface area contributed by atoms with Crippen molar-refractivity contribution < 1.29 is 0 Å². The minimum Gasteiger partial charge on any atom is -0.0985 e. The monoisotopic (exact) mass is 276 g/mol. The molecule has 0 nitrogen and oxygen atoms in total. The Morgan fingerprint density at radius 3 is 1.48 bits per heavy atom. The van der Waals surface area contributed by atoms with Gasteiger partial charge in [-0.1, -0.05) is 80.3 Å². The Kier molecular flexibility index (Phi) is 6.02. The van der Waals surface area contributed by atoms with Crippen LogP contribution in [0.25, 0.3) is 12.2 Å². The Bertz CT molecular complexity index is 539. The van der Waals surface area contributed by atoms with E-state index in [4.69, 9.17) is 0 Å². The number of benzene rings is 2. The third-order valence-electron chi connectivity index (χ3n) is 3.94. The molecule has 0 saturated carbocycles. The molecule has 0 aliphatic heterocycles. The first-order valence-electron chi connectivity index (χ1n) is 7.76. The average Bonchev–Trinajstić information content (AvgIpc) is 2.55. The van der Waals surface area contributed by atoms with Crippen LogP contribution in [0.5, 0.6) is 0 Å². The van der Waals surface area contributed by atoms with Gasteiger partial charge < -0.3 is 0 Å². The first-order chi connectivity index (χ1) is 10.3. The summed E-state index contributed by atoms with van der Waals surface area (Å²) in [6, 6.07) is 17.1. The molecule has 0 heteroatoms. The zero-order valence-corrected chi connectivity index (χ0v) is 12.7. The number of aryl methyl sites for hydroxylation is 2. The van der Waals surface area contributed by atoms with E-state index in [0.717, 1.165) is 12.8 Å². The van der Waals surface area contributed by atoms with Crippen LogP contribution in [0, 0.1) is 0 Å². The molecule has 0 N–H and O–H groups in total. The molecule has 108 valence electrons. The number of unbranched alkanes of at least 4 members (excludes halogenated alkanes) is 2. The zero-order chi connectivity index (χ0) is 14.9. The molecular weight excluding hydrogens is 252 g/mol. The third-order valence-corrected chi connectivity index (χ3v) is 3.94. The quantitative estimate of drug-likeness (QED) is 0.524. The molecule has 2 aromatic carbocycles. The highest BCUT2D eigenvalue weighted by Crippen LogP contribution is 2.16. The van der Waals surface area contributed by atoms with Gasteiger partial charge in [0.25, 0.3) is 0 Å². The van der Waals surface area contributed by atoms with Crippen molar-refractivity contribution in [3.8, 4) is 0 Å². The highest BCUT2D eigenvalue weighted by Gasteiger charge is 2.00. The Balaban J connectivity index is 1.77. The van der Waals surface area contributed by atoms with E-state index in [9.17, 15) is 0 Å². The van der Waals surface area contributed by atoms with Gasteiger partial charge in [0.2, 0.25) is 0 Å². The summed E-state index contributed by atoms with van der Waals surface area (Å²) in [5.74, 6) is 0. The molecule has 0 aliphatic carbocycles. The first kappa shape index (κ1) is 15.3. The van der Waals surface area contributed by atoms with Crippen molar-refractivity contribution in [2.75, 3.05) is 0 Å². The summed E-state index contributed by atoms with van der Waals surface area (Å²) in [4.78, 5) is 0. The summed E-state index contributed by atoms with van der Waals surface area (Å²) in [7, 11) is 0. The van der Waals surface area contributed by atoms with Crippen molar-refractivity contribution in [2.24, 2.45) is 0 Å². The van der Waals surface area contributed by atoms with Crippen LogP contribution >= 0.6 is 0 Å². The van der Waals surface area contributed by atoms with E-state index >= 15 is 0 Å². The molecule has 0 spiro atoms. The molecule has 2 aromatic rings. The topological polar surface area (TPSA) is 0 Å². The lowest BCUT2D eigenvalue weighted by atomic mass is 9.98. The van der Waals surface area contributed by atoms with Crippen molar-refractivity contribution in [1.29, 1.82) is 0 Å². The smallest absolute Gasteiger partial charge is 0.0230 e. The fraction of sp³-hybridized carbons (Fsp3) is 0.238. The third kappa shape index (κ3) is 4.46. The number of hydrogen-bond acceptors (Lipinski definition) is 0. The number of hydrogen-bond donors (Lipinski definition) is 0. The lowest BCUT2D eigenvalue weighted by molar-refractivity contribution is 0.678. The van der Waals surface area contributed by atoms with Crippen molar-refractivity contribution in [1.82, 2.24) is 0 Å². The van der Waals surface area contributed by atoms with E-state index in [-0.39, 0.29) is 0 Å². The predicted molar refractivity (Wildman–Crippen MR) is 94.3 cm³/mol. The molecule has 21 heavy (non-hydrogen) atoms. The predicted octanol–water partition coefficient (Wildman–Crippen LogP) is 5.93. The normalized spacial score (nSPS) is 10.3. The summed E-state index contributed by atoms with van der Waals surface area (Å²) in [5, 5.41) is 0. The van der Waals surface area contributed by atoms with Gasteiger partial charge in [0.15, 0.2) is 0 Å². The molecule has 2 rings (SSSR count). The molecule has 0 aliphatic rings. The highest BCUT2D eigenvalue weighted by molar-refractivity contribution is 5.52. The average molecular weight is 276 g/mol. The van der Waals surface area contributed by atoms with Gasteiger partial charge in [-0.25, -0.2) is 0 Å². The van der Waals surface area contributed by atoms with E-state index in [1.54, 1.807) is 0 Å². The fourth-order valence-electron chi connectivity index (χ4n) is 2.73. The molecular formula is C21H24. The van der Waals surface area contributed by atoms with Gasteiger partial charge in [0, 0.05) is 0 Å². The van der Waals surface area contributed by atoms with Gasteiger partial charge in [-0.3, -0.25) is 0 Å². The Morgan fingerprint density at radius 1 is 0.619 bits per heavy atom. The maximum absolute atomic E-state index is 3.89. The van der Waals surface area contributed by atoms with Crippen LogP contribution in [0.4, 0.5) is 0 Å². The van der Waals surface area contributed by atoms with E-state index < -0.39 is 0 Å². The maximum Gasteiger partial charge on any atom is -0.0230 e. The van der Waals surface area contributed by atoms with Crippen LogP contribution in [0.15, 0.2) is 61.7 Å². The lowest BCUT2D eigenvalue weighted by Crippen LogP contribution is -1.92. The van der Waals surface area contributed by atoms with Crippen LogP contribution in [0.1, 0.15) is 41.5 Å². The van der Waals surface area contributed by atoms with Crippen LogP contribution in [-0.4, -0.2) is 0 Å². The summed E-state index contributed by atoms with van der Waals surface area (Å²) in [5.41, 5.74) is 5.38. The molecule has 0 aromatic heterocycles. The Labute approximate surface area is 128 Å². The molecule has 0 radical (unpaired) electrons. The van der Waals surface area contributed by atoms with Gasteiger partial charge in [0.05, 0.1) is 0 Å². The second-order valence-electron chi connectivity index (χ2n) is 5.37. The van der Waals surface area contributed by atoms with Crippen molar-refractivity contribution in [2.45, 2.75) is 32.1 Å². The van der Waals surface area contributed by atoms with Gasteiger partial charge in [-0.05, 0) is 47.9 Å². The second kappa shape index (κ2) is 8.26. The lowest BCUT2D eigenvalue weighted by Gasteiger charge is -2.07. The molecule has 0 fully saturated rings. The van der Waals surface area contributed by atoms with Crippen molar-refractivity contribution >= 4 is 12.2 Å². The van der Waals surface area contributed by atoms with Gasteiger partial charge in [-0.2, -0.15) is 0 Å². The Morgan fingerprint density at radius 2 is 1.05 bits per heavy atom. The second-order valence-corrected chi connectivity index (χ2v) is 5.37. The minimum absolute atomic E-state index is 1.14. The maximum atomic E-state index is 3.89. The van der Waals surface area contributed by atoms with E-state index in [0.29, 0.717) is 0 Å². The standard InChI is InChI=1S/C21H24/c1-3-18-12-8-10-16-20(18)14-6-5-7-15-21-17-11-9-13-19(21)4-2/h3-4,8-13,16-17H,1-2,5-7,14-15H2. The van der Waals surface area contributed by atoms with Gasteiger partial charge in [-0.15, -0.1) is 0 Å². The molecule has 0 atom stereocenters. The molecule has 0 bridgehead atoms. The summed E-state index contributed by atoms with van der Waals surface area (Å²) >= 11 is 0. The zero-order valence-electron chi connectivity index (χ0n) is 12.7. The van der Waals surface area contributed by atoms with Crippen molar-refractivity contribution in [3.05, 3.63) is 83.9 Å². The minimum atomic E-state index is 1.14. The van der Waals surface area contributed by atoms with Crippen LogP contribution in [-0.2, 0) is 12.8 Å². The highest BCUT2D eigenvalue weighted by atomic mass is 14.1. The van der Waals surface area contributed by atoms with Crippen LogP contribution in [0.3, 0.4) is 0 Å². The fourth-order valence-corrected chi connectivity index (χ4v) is 2.73. The largest absolute Gasteiger partial charge is 0.0985 e. The van der Waals surface area contributed by atoms with E-state index in [1.165, 1.54) is 41.5 Å². The summed E-state index contributed by atoms with van der Waals surface area (Å²) < 4.78 is 0. The van der Waals surface area contributed by atoms with Crippen molar-refractivity contribution in [3.63, 3.8) is 0 Å². The van der Waals surface area contributed by atoms with E-state index in [2.05, 4.69) is 61.7 Å². The Hall–Kier alpha value is -2.08. The van der Waals surface area contributed by atoms with Gasteiger partial charge in [0.1, 0.15) is 0 Å². The summed E-state index contributed by atoms with van der Waals surface area (Å²) in [6.45, 7) is 7.77. The van der Waals surface area contributed by atoms with Crippen LogP contribution in [0.2, 0.25) is 0 Å².